The van der Waals surface area contributed by atoms with Crippen LogP contribution in [0.4, 0.5) is 4.79 Å². The number of aliphatic hydroxyl groups excluding tert-OH is 1. The van der Waals surface area contributed by atoms with E-state index in [4.69, 9.17) is 14.6 Å². The molecule has 0 radical (unpaired) electrons. The summed E-state index contributed by atoms with van der Waals surface area (Å²) in [5.74, 6) is 1.68. The summed E-state index contributed by atoms with van der Waals surface area (Å²) in [7, 11) is 0. The molecular weight excluding hydrogens is 308 g/mol. The van der Waals surface area contributed by atoms with Gasteiger partial charge in [0.25, 0.3) is 0 Å². The minimum absolute atomic E-state index is 0.0152. The molecule has 1 aromatic carbocycles. The summed E-state index contributed by atoms with van der Waals surface area (Å²) >= 11 is 0. The number of ether oxygens (including phenoxy) is 2. The third-order valence-electron chi connectivity index (χ3n) is 4.40. The van der Waals surface area contributed by atoms with Gasteiger partial charge in [0.2, 0.25) is 0 Å². The Labute approximate surface area is 142 Å². The first-order valence-electron chi connectivity index (χ1n) is 8.73. The normalized spacial score (nSPS) is 18.7. The summed E-state index contributed by atoms with van der Waals surface area (Å²) < 4.78 is 11.5. The van der Waals surface area contributed by atoms with Crippen molar-refractivity contribution in [1.29, 1.82) is 0 Å². The van der Waals surface area contributed by atoms with E-state index in [9.17, 15) is 4.79 Å². The standard InChI is InChI=1S/C18H26N2O4/c1-3-23-16-9-13-8-12(2)24-17(13)10-14(16)11-19-18(22)20(6-7-21)15-4-5-15/h9-10,12,15,21H,3-8,11H2,1-2H3,(H,19,22)/t12-/m0/s1. The fourth-order valence-corrected chi connectivity index (χ4v) is 3.13. The molecule has 1 aromatic rings. The first-order chi connectivity index (χ1) is 11.6. The van der Waals surface area contributed by atoms with E-state index in [1.165, 1.54) is 0 Å². The van der Waals surface area contributed by atoms with Crippen LogP contribution in [0.3, 0.4) is 0 Å². The second kappa shape index (κ2) is 7.30. The van der Waals surface area contributed by atoms with Gasteiger partial charge in [0, 0.05) is 36.7 Å². The van der Waals surface area contributed by atoms with E-state index in [1.807, 2.05) is 26.0 Å². The molecule has 1 aliphatic heterocycles. The number of benzene rings is 1. The van der Waals surface area contributed by atoms with Gasteiger partial charge in [-0.05, 0) is 38.8 Å². The van der Waals surface area contributed by atoms with Crippen LogP contribution in [-0.2, 0) is 13.0 Å². The minimum Gasteiger partial charge on any atom is -0.494 e. The Hall–Kier alpha value is -1.95. The third kappa shape index (κ3) is 3.75. The summed E-state index contributed by atoms with van der Waals surface area (Å²) in [5.41, 5.74) is 2.07. The lowest BCUT2D eigenvalue weighted by atomic mass is 10.1. The molecule has 1 saturated carbocycles. The Bertz CT molecular complexity index is 601. The molecule has 0 unspecified atom stereocenters. The Balaban J connectivity index is 1.69. The maximum Gasteiger partial charge on any atom is 0.317 e. The zero-order valence-corrected chi connectivity index (χ0v) is 14.4. The Morgan fingerprint density at radius 1 is 1.46 bits per heavy atom. The molecule has 1 atom stereocenters. The van der Waals surface area contributed by atoms with Gasteiger partial charge in [0.15, 0.2) is 0 Å². The predicted molar refractivity (Wildman–Crippen MR) is 90.5 cm³/mol. The number of aliphatic hydroxyl groups is 1. The minimum atomic E-state index is -0.135. The molecule has 6 heteroatoms. The smallest absolute Gasteiger partial charge is 0.317 e. The monoisotopic (exact) mass is 334 g/mol. The van der Waals surface area contributed by atoms with Crippen LogP contribution in [0.25, 0.3) is 0 Å². The second-order valence-electron chi connectivity index (χ2n) is 6.44. The van der Waals surface area contributed by atoms with E-state index in [0.717, 1.165) is 41.9 Å². The van der Waals surface area contributed by atoms with Gasteiger partial charge < -0.3 is 24.8 Å². The molecule has 0 saturated heterocycles. The van der Waals surface area contributed by atoms with Crippen LogP contribution in [-0.4, -0.2) is 47.9 Å². The molecule has 2 amide bonds. The van der Waals surface area contributed by atoms with Crippen LogP contribution in [0.15, 0.2) is 12.1 Å². The van der Waals surface area contributed by atoms with Gasteiger partial charge in [-0.15, -0.1) is 0 Å². The molecule has 2 N–H and O–H groups in total. The van der Waals surface area contributed by atoms with Crippen LogP contribution >= 0.6 is 0 Å². The first-order valence-corrected chi connectivity index (χ1v) is 8.73. The number of fused-ring (bicyclic) bond motifs is 1. The van der Waals surface area contributed by atoms with Crippen molar-refractivity contribution in [3.05, 3.63) is 23.3 Å². The van der Waals surface area contributed by atoms with Gasteiger partial charge in [0.1, 0.15) is 17.6 Å². The van der Waals surface area contributed by atoms with Gasteiger partial charge >= 0.3 is 6.03 Å². The van der Waals surface area contributed by atoms with Gasteiger partial charge in [-0.1, -0.05) is 0 Å². The topological polar surface area (TPSA) is 71.0 Å². The number of urea groups is 1. The maximum atomic E-state index is 12.4. The Morgan fingerprint density at radius 3 is 2.92 bits per heavy atom. The quantitative estimate of drug-likeness (QED) is 0.801. The highest BCUT2D eigenvalue weighted by Gasteiger charge is 2.32. The predicted octanol–water partition coefficient (Wildman–Crippen LogP) is 2.07. The van der Waals surface area contributed by atoms with E-state index < -0.39 is 0 Å². The Morgan fingerprint density at radius 2 is 2.25 bits per heavy atom. The van der Waals surface area contributed by atoms with Crippen molar-refractivity contribution in [3.8, 4) is 11.5 Å². The summed E-state index contributed by atoms with van der Waals surface area (Å²) in [4.78, 5) is 14.1. The number of nitrogens with zero attached hydrogens (tertiary/aromatic N) is 1. The van der Waals surface area contributed by atoms with Crippen LogP contribution in [0, 0.1) is 0 Å². The van der Waals surface area contributed by atoms with Crippen LogP contribution in [0.2, 0.25) is 0 Å². The van der Waals surface area contributed by atoms with E-state index >= 15 is 0 Å². The Kier molecular flexibility index (Phi) is 5.14. The molecule has 0 aromatic heterocycles. The fourth-order valence-electron chi connectivity index (χ4n) is 3.13. The highest BCUT2D eigenvalue weighted by Crippen LogP contribution is 2.35. The molecule has 1 heterocycles. The average molecular weight is 334 g/mol. The van der Waals surface area contributed by atoms with Crippen LogP contribution in [0.5, 0.6) is 11.5 Å². The zero-order chi connectivity index (χ0) is 17.1. The van der Waals surface area contributed by atoms with Gasteiger partial charge in [-0.3, -0.25) is 0 Å². The molecule has 0 spiro atoms. The van der Waals surface area contributed by atoms with E-state index in [0.29, 0.717) is 19.7 Å². The number of amides is 2. The van der Waals surface area contributed by atoms with E-state index in [1.54, 1.807) is 4.90 Å². The van der Waals surface area contributed by atoms with Gasteiger partial charge in [-0.2, -0.15) is 0 Å². The molecule has 3 rings (SSSR count). The third-order valence-corrected chi connectivity index (χ3v) is 4.40. The van der Waals surface area contributed by atoms with E-state index in [-0.39, 0.29) is 24.8 Å². The second-order valence-corrected chi connectivity index (χ2v) is 6.44. The van der Waals surface area contributed by atoms with Crippen molar-refractivity contribution in [2.45, 2.75) is 51.8 Å². The number of hydrogen-bond acceptors (Lipinski definition) is 4. The molecule has 0 bridgehead atoms. The summed E-state index contributed by atoms with van der Waals surface area (Å²) in [6.45, 7) is 5.32. The molecular formula is C18H26N2O4. The maximum absolute atomic E-state index is 12.4. The molecule has 24 heavy (non-hydrogen) atoms. The number of hydrogen-bond donors (Lipinski definition) is 2. The molecule has 1 fully saturated rings. The largest absolute Gasteiger partial charge is 0.494 e. The van der Waals surface area contributed by atoms with Crippen molar-refractivity contribution in [1.82, 2.24) is 10.2 Å². The highest BCUT2D eigenvalue weighted by molar-refractivity contribution is 5.75. The van der Waals surface area contributed by atoms with Gasteiger partial charge in [-0.25, -0.2) is 4.79 Å². The van der Waals surface area contributed by atoms with E-state index in [2.05, 4.69) is 5.32 Å². The van der Waals surface area contributed by atoms with Crippen LogP contribution < -0.4 is 14.8 Å². The number of carbonyl (C=O) groups is 1. The van der Waals surface area contributed by atoms with Crippen molar-refractivity contribution in [3.63, 3.8) is 0 Å². The molecule has 6 nitrogen and oxygen atoms in total. The van der Waals surface area contributed by atoms with Crippen LogP contribution in [0.1, 0.15) is 37.8 Å². The van der Waals surface area contributed by atoms with Crippen molar-refractivity contribution in [2.24, 2.45) is 0 Å². The highest BCUT2D eigenvalue weighted by atomic mass is 16.5. The SMILES string of the molecule is CCOc1cc2c(cc1CNC(=O)N(CCO)C1CC1)O[C@@H](C)C2. The lowest BCUT2D eigenvalue weighted by Gasteiger charge is -2.22. The summed E-state index contributed by atoms with van der Waals surface area (Å²) in [5, 5.41) is 12.1. The van der Waals surface area contributed by atoms with Crippen molar-refractivity contribution in [2.75, 3.05) is 19.8 Å². The first kappa shape index (κ1) is 16.9. The molecule has 2 aliphatic rings. The fraction of sp³-hybridized carbons (Fsp3) is 0.611. The summed E-state index contributed by atoms with van der Waals surface area (Å²) in [6, 6.07) is 4.13. The lowest BCUT2D eigenvalue weighted by molar-refractivity contribution is 0.173. The van der Waals surface area contributed by atoms with Crippen molar-refractivity contribution < 1.29 is 19.4 Å². The summed E-state index contributed by atoms with van der Waals surface area (Å²) in [6.07, 6.45) is 3.09. The lowest BCUT2D eigenvalue weighted by Crippen LogP contribution is -2.42. The van der Waals surface area contributed by atoms with Gasteiger partial charge in [0.05, 0.1) is 13.2 Å². The van der Waals surface area contributed by atoms with Crippen molar-refractivity contribution >= 4 is 6.03 Å². The number of rotatable bonds is 7. The average Bonchev–Trinajstić information content (AvgIpc) is 3.32. The number of carbonyl (C=O) groups excluding carboxylic acids is 1. The number of nitrogens with one attached hydrogen (secondary N) is 1. The zero-order valence-electron chi connectivity index (χ0n) is 14.4. The molecule has 1 aliphatic carbocycles. The molecule has 132 valence electrons.